The minimum atomic E-state index is -0.396. The summed E-state index contributed by atoms with van der Waals surface area (Å²) in [6.45, 7) is 7.31. The summed E-state index contributed by atoms with van der Waals surface area (Å²) in [6, 6.07) is 4.03. The van der Waals surface area contributed by atoms with Crippen LogP contribution in [0.4, 0.5) is 0 Å². The minimum Gasteiger partial charge on any atom is -0.460 e. The van der Waals surface area contributed by atoms with Crippen LogP contribution in [0.2, 0.25) is 0 Å². The van der Waals surface area contributed by atoms with E-state index < -0.39 is 5.60 Å². The van der Waals surface area contributed by atoms with Crippen LogP contribution in [0.5, 0.6) is 0 Å². The number of hydrogen-bond acceptors (Lipinski definition) is 4. The molecule has 1 rings (SSSR count). The van der Waals surface area contributed by atoms with Gasteiger partial charge in [0, 0.05) is 25.5 Å². The van der Waals surface area contributed by atoms with E-state index in [9.17, 15) is 4.79 Å². The molecule has 0 radical (unpaired) electrons. The predicted octanol–water partition coefficient (Wildman–Crippen LogP) is 2.29. The van der Waals surface area contributed by atoms with E-state index in [0.717, 1.165) is 19.5 Å². The van der Waals surface area contributed by atoms with Gasteiger partial charge in [-0.3, -0.25) is 9.78 Å². The van der Waals surface area contributed by atoms with Crippen LogP contribution >= 0.6 is 0 Å². The molecule has 1 aromatic heterocycles. The molecule has 0 amide bonds. The minimum absolute atomic E-state index is 0.136. The summed E-state index contributed by atoms with van der Waals surface area (Å²) in [5, 5.41) is 0. The smallest absolute Gasteiger partial charge is 0.307 e. The topological polar surface area (TPSA) is 42.4 Å². The van der Waals surface area contributed by atoms with Gasteiger partial charge in [-0.05, 0) is 51.9 Å². The SMILES string of the molecule is CN(CCC(=O)OC(C)(C)C)CCc1ccncc1. The van der Waals surface area contributed by atoms with E-state index in [1.165, 1.54) is 5.56 Å². The quantitative estimate of drug-likeness (QED) is 0.739. The van der Waals surface area contributed by atoms with Gasteiger partial charge in [0.15, 0.2) is 0 Å². The fraction of sp³-hybridized carbons (Fsp3) is 0.600. The predicted molar refractivity (Wildman–Crippen MR) is 75.9 cm³/mol. The summed E-state index contributed by atoms with van der Waals surface area (Å²) in [4.78, 5) is 17.7. The Bertz CT molecular complexity index is 385. The van der Waals surface area contributed by atoms with Crippen LogP contribution in [0.15, 0.2) is 24.5 Å². The van der Waals surface area contributed by atoms with Crippen molar-refractivity contribution >= 4 is 5.97 Å². The second-order valence-electron chi connectivity index (χ2n) is 5.75. The fourth-order valence-corrected chi connectivity index (χ4v) is 1.66. The number of aromatic nitrogens is 1. The highest BCUT2D eigenvalue weighted by atomic mass is 16.6. The van der Waals surface area contributed by atoms with E-state index >= 15 is 0 Å². The van der Waals surface area contributed by atoms with Gasteiger partial charge in [0.1, 0.15) is 5.60 Å². The molecule has 0 unspecified atom stereocenters. The summed E-state index contributed by atoms with van der Waals surface area (Å²) in [5.74, 6) is -0.136. The van der Waals surface area contributed by atoms with Crippen molar-refractivity contribution in [2.45, 2.75) is 39.2 Å². The number of rotatable bonds is 6. The van der Waals surface area contributed by atoms with E-state index in [1.54, 1.807) is 12.4 Å². The van der Waals surface area contributed by atoms with Crippen molar-refractivity contribution in [3.05, 3.63) is 30.1 Å². The number of likely N-dealkylation sites (N-methyl/N-ethyl adjacent to an activating group) is 1. The molecular weight excluding hydrogens is 240 g/mol. The van der Waals surface area contributed by atoms with Gasteiger partial charge in [-0.25, -0.2) is 0 Å². The molecule has 4 nitrogen and oxygen atoms in total. The van der Waals surface area contributed by atoms with Crippen molar-refractivity contribution in [1.82, 2.24) is 9.88 Å². The van der Waals surface area contributed by atoms with Gasteiger partial charge < -0.3 is 9.64 Å². The van der Waals surface area contributed by atoms with Gasteiger partial charge in [-0.2, -0.15) is 0 Å². The van der Waals surface area contributed by atoms with Crippen LogP contribution in [0.25, 0.3) is 0 Å². The second kappa shape index (κ2) is 7.24. The number of carbonyl (C=O) groups excluding carboxylic acids is 1. The molecule has 4 heteroatoms. The zero-order valence-electron chi connectivity index (χ0n) is 12.3. The van der Waals surface area contributed by atoms with Crippen LogP contribution < -0.4 is 0 Å². The van der Waals surface area contributed by atoms with Gasteiger partial charge in [0.25, 0.3) is 0 Å². The highest BCUT2D eigenvalue weighted by molar-refractivity contribution is 5.70. The summed E-state index contributed by atoms with van der Waals surface area (Å²) >= 11 is 0. The molecule has 0 fully saturated rings. The van der Waals surface area contributed by atoms with E-state index in [0.29, 0.717) is 6.42 Å². The monoisotopic (exact) mass is 264 g/mol. The Morgan fingerprint density at radius 2 is 1.89 bits per heavy atom. The Labute approximate surface area is 115 Å². The van der Waals surface area contributed by atoms with Gasteiger partial charge in [-0.1, -0.05) is 0 Å². The molecule has 19 heavy (non-hydrogen) atoms. The molecule has 0 atom stereocenters. The van der Waals surface area contributed by atoms with Gasteiger partial charge in [-0.15, -0.1) is 0 Å². The largest absolute Gasteiger partial charge is 0.460 e. The molecule has 0 N–H and O–H groups in total. The number of nitrogens with zero attached hydrogens (tertiary/aromatic N) is 2. The molecule has 0 aromatic carbocycles. The molecule has 106 valence electrons. The van der Waals surface area contributed by atoms with E-state index in [1.807, 2.05) is 40.0 Å². The van der Waals surface area contributed by atoms with Crippen LogP contribution in [0.3, 0.4) is 0 Å². The first-order chi connectivity index (χ1) is 8.87. The molecule has 0 aliphatic heterocycles. The fourth-order valence-electron chi connectivity index (χ4n) is 1.66. The average molecular weight is 264 g/mol. The van der Waals surface area contributed by atoms with Crippen molar-refractivity contribution < 1.29 is 9.53 Å². The first-order valence-electron chi connectivity index (χ1n) is 6.66. The maximum absolute atomic E-state index is 11.6. The number of ether oxygens (including phenoxy) is 1. The standard InChI is InChI=1S/C15H24N2O2/c1-15(2,3)19-14(18)8-12-17(4)11-7-13-5-9-16-10-6-13/h5-6,9-10H,7-8,11-12H2,1-4H3. The second-order valence-corrected chi connectivity index (χ2v) is 5.75. The van der Waals surface area contributed by atoms with Crippen LogP contribution in [0, 0.1) is 0 Å². The maximum atomic E-state index is 11.6. The lowest BCUT2D eigenvalue weighted by molar-refractivity contribution is -0.155. The maximum Gasteiger partial charge on any atom is 0.307 e. The summed E-state index contributed by atoms with van der Waals surface area (Å²) in [6.07, 6.45) is 5.00. The molecule has 0 aliphatic rings. The third kappa shape index (κ3) is 7.57. The summed E-state index contributed by atoms with van der Waals surface area (Å²) < 4.78 is 5.28. The van der Waals surface area contributed by atoms with E-state index in [2.05, 4.69) is 9.88 Å². The summed E-state index contributed by atoms with van der Waals surface area (Å²) in [7, 11) is 2.02. The zero-order chi connectivity index (χ0) is 14.3. The van der Waals surface area contributed by atoms with Crippen molar-refractivity contribution in [3.63, 3.8) is 0 Å². The van der Waals surface area contributed by atoms with Crippen LogP contribution in [-0.4, -0.2) is 41.6 Å². The number of esters is 1. The molecule has 0 saturated heterocycles. The van der Waals surface area contributed by atoms with Gasteiger partial charge >= 0.3 is 5.97 Å². The van der Waals surface area contributed by atoms with Crippen molar-refractivity contribution in [2.24, 2.45) is 0 Å². The third-order valence-corrected chi connectivity index (χ3v) is 2.65. The van der Waals surface area contributed by atoms with Gasteiger partial charge in [0.2, 0.25) is 0 Å². The third-order valence-electron chi connectivity index (χ3n) is 2.65. The molecule has 0 saturated carbocycles. The normalized spacial score (nSPS) is 11.6. The number of hydrogen-bond donors (Lipinski definition) is 0. The highest BCUT2D eigenvalue weighted by Crippen LogP contribution is 2.08. The lowest BCUT2D eigenvalue weighted by Crippen LogP contribution is -2.28. The Hall–Kier alpha value is -1.42. The highest BCUT2D eigenvalue weighted by Gasteiger charge is 2.16. The molecule has 0 spiro atoms. The Morgan fingerprint density at radius 3 is 2.47 bits per heavy atom. The molecule has 0 bridgehead atoms. The lowest BCUT2D eigenvalue weighted by Gasteiger charge is -2.21. The molecular formula is C15H24N2O2. The van der Waals surface area contributed by atoms with Crippen molar-refractivity contribution in [1.29, 1.82) is 0 Å². The zero-order valence-corrected chi connectivity index (χ0v) is 12.3. The molecule has 0 aliphatic carbocycles. The van der Waals surface area contributed by atoms with Crippen molar-refractivity contribution in [3.8, 4) is 0 Å². The first-order valence-corrected chi connectivity index (χ1v) is 6.66. The first kappa shape index (κ1) is 15.6. The Kier molecular flexibility index (Phi) is 5.96. The van der Waals surface area contributed by atoms with Crippen LogP contribution in [0.1, 0.15) is 32.8 Å². The average Bonchev–Trinajstić information content (AvgIpc) is 2.33. The van der Waals surface area contributed by atoms with Crippen LogP contribution in [-0.2, 0) is 16.0 Å². The molecule has 1 aromatic rings. The Balaban J connectivity index is 2.21. The van der Waals surface area contributed by atoms with E-state index in [-0.39, 0.29) is 5.97 Å². The Morgan fingerprint density at radius 1 is 1.26 bits per heavy atom. The van der Waals surface area contributed by atoms with E-state index in [4.69, 9.17) is 4.74 Å². The summed E-state index contributed by atoms with van der Waals surface area (Å²) in [5.41, 5.74) is 0.867. The molecule has 1 heterocycles. The lowest BCUT2D eigenvalue weighted by atomic mass is 10.2. The van der Waals surface area contributed by atoms with Crippen molar-refractivity contribution in [2.75, 3.05) is 20.1 Å². The van der Waals surface area contributed by atoms with Gasteiger partial charge in [0.05, 0.1) is 6.42 Å². The number of carbonyl (C=O) groups is 1. The number of pyridine rings is 1.